The Morgan fingerprint density at radius 2 is 2.10 bits per heavy atom. The Bertz CT molecular complexity index is 490. The molecule has 2 unspecified atom stereocenters. The van der Waals surface area contributed by atoms with Gasteiger partial charge in [0, 0.05) is 12.1 Å². The number of nitrogens with one attached hydrogen (secondary N) is 1. The second kappa shape index (κ2) is 6.64. The molecule has 0 radical (unpaired) electrons. The maximum absolute atomic E-state index is 13.5. The summed E-state index contributed by atoms with van der Waals surface area (Å²) in [7, 11) is 2.01. The minimum Gasteiger partial charge on any atom is -0.319 e. The lowest BCUT2D eigenvalue weighted by molar-refractivity contribution is 0.145. The van der Waals surface area contributed by atoms with Gasteiger partial charge in [0.2, 0.25) is 0 Å². The van der Waals surface area contributed by atoms with Crippen LogP contribution in [-0.2, 0) is 0 Å². The molecule has 0 aromatic heterocycles. The standard InChI is InChI=1S/C17H24ClFN2/c1-20-11-13-4-2-3-9-21(14-6-7-14)17(13)12-5-8-16(19)15(18)10-12/h5,8,10,13-14,17,20H,2-4,6-7,9,11H2,1H3. The van der Waals surface area contributed by atoms with E-state index < -0.39 is 0 Å². The molecule has 0 amide bonds. The van der Waals surface area contributed by atoms with E-state index in [0.29, 0.717) is 12.0 Å². The molecule has 21 heavy (non-hydrogen) atoms. The van der Waals surface area contributed by atoms with Crippen LogP contribution in [0.25, 0.3) is 0 Å². The molecule has 2 atom stereocenters. The number of likely N-dealkylation sites (tertiary alicyclic amines) is 1. The number of halogens is 2. The van der Waals surface area contributed by atoms with Crippen molar-refractivity contribution in [2.45, 2.75) is 44.2 Å². The van der Waals surface area contributed by atoms with Gasteiger partial charge in [-0.2, -0.15) is 0 Å². The van der Waals surface area contributed by atoms with Crippen molar-refractivity contribution < 1.29 is 4.39 Å². The van der Waals surface area contributed by atoms with Crippen LogP contribution in [0.2, 0.25) is 5.02 Å². The second-order valence-corrected chi connectivity index (χ2v) is 6.81. The third kappa shape index (κ3) is 3.41. The highest BCUT2D eigenvalue weighted by molar-refractivity contribution is 6.30. The van der Waals surface area contributed by atoms with Crippen LogP contribution in [0.15, 0.2) is 18.2 Å². The number of nitrogens with zero attached hydrogens (tertiary/aromatic N) is 1. The molecule has 0 spiro atoms. The van der Waals surface area contributed by atoms with Crippen LogP contribution in [0, 0.1) is 11.7 Å². The summed E-state index contributed by atoms with van der Waals surface area (Å²) >= 11 is 6.03. The number of rotatable bonds is 4. The quantitative estimate of drug-likeness (QED) is 0.904. The summed E-state index contributed by atoms with van der Waals surface area (Å²) in [6.45, 7) is 2.16. The third-order valence-electron chi connectivity index (χ3n) is 4.81. The Balaban J connectivity index is 1.94. The first-order valence-electron chi connectivity index (χ1n) is 8.06. The summed E-state index contributed by atoms with van der Waals surface area (Å²) in [5.74, 6) is 0.247. The van der Waals surface area contributed by atoms with E-state index in [1.165, 1.54) is 43.7 Å². The Hall–Kier alpha value is -0.640. The van der Waals surface area contributed by atoms with Gasteiger partial charge in [-0.05, 0) is 69.4 Å². The molecule has 2 nitrogen and oxygen atoms in total. The summed E-state index contributed by atoms with van der Waals surface area (Å²) in [5.41, 5.74) is 1.18. The molecule has 0 bridgehead atoms. The maximum Gasteiger partial charge on any atom is 0.141 e. The van der Waals surface area contributed by atoms with Crippen molar-refractivity contribution in [1.29, 1.82) is 0 Å². The van der Waals surface area contributed by atoms with Crippen molar-refractivity contribution in [3.8, 4) is 0 Å². The molecular weight excluding hydrogens is 287 g/mol. The molecule has 1 aliphatic carbocycles. The number of benzene rings is 1. The van der Waals surface area contributed by atoms with E-state index in [1.54, 1.807) is 0 Å². The van der Waals surface area contributed by atoms with E-state index in [-0.39, 0.29) is 10.8 Å². The van der Waals surface area contributed by atoms with Gasteiger partial charge in [0.15, 0.2) is 0 Å². The Kier molecular flexibility index (Phi) is 4.82. The summed E-state index contributed by atoms with van der Waals surface area (Å²) in [6.07, 6.45) is 6.38. The Morgan fingerprint density at radius 3 is 2.76 bits per heavy atom. The Labute approximate surface area is 131 Å². The molecule has 1 aromatic carbocycles. The Morgan fingerprint density at radius 1 is 1.29 bits per heavy atom. The summed E-state index contributed by atoms with van der Waals surface area (Å²) in [6, 6.07) is 6.37. The van der Waals surface area contributed by atoms with Crippen LogP contribution < -0.4 is 5.32 Å². The molecule has 1 saturated carbocycles. The minimum absolute atomic E-state index is 0.246. The maximum atomic E-state index is 13.5. The fourth-order valence-corrected chi connectivity index (χ4v) is 3.91. The fourth-order valence-electron chi connectivity index (χ4n) is 3.72. The number of hydrogen-bond acceptors (Lipinski definition) is 2. The molecule has 4 heteroatoms. The predicted molar refractivity (Wildman–Crippen MR) is 85.1 cm³/mol. The molecule has 116 valence electrons. The van der Waals surface area contributed by atoms with Crippen molar-refractivity contribution in [2.75, 3.05) is 20.1 Å². The first kappa shape index (κ1) is 15.3. The minimum atomic E-state index is -0.322. The molecule has 1 aromatic rings. The molecule has 1 aliphatic heterocycles. The zero-order valence-electron chi connectivity index (χ0n) is 12.6. The highest BCUT2D eigenvalue weighted by atomic mass is 35.5. The molecular formula is C17H24ClFN2. The SMILES string of the molecule is CNCC1CCCCN(C2CC2)C1c1ccc(F)c(Cl)c1. The average Bonchev–Trinajstić information content (AvgIpc) is 3.28. The van der Waals surface area contributed by atoms with Gasteiger partial charge in [0.05, 0.1) is 5.02 Å². The van der Waals surface area contributed by atoms with Crippen molar-refractivity contribution in [1.82, 2.24) is 10.2 Å². The van der Waals surface area contributed by atoms with Crippen LogP contribution >= 0.6 is 11.6 Å². The predicted octanol–water partition coefficient (Wildman–Crippen LogP) is 4.00. The molecule has 3 rings (SSSR count). The van der Waals surface area contributed by atoms with Gasteiger partial charge >= 0.3 is 0 Å². The van der Waals surface area contributed by atoms with Gasteiger partial charge in [0.1, 0.15) is 5.82 Å². The topological polar surface area (TPSA) is 15.3 Å². The highest BCUT2D eigenvalue weighted by Crippen LogP contribution is 2.42. The molecule has 2 aliphatic rings. The van der Waals surface area contributed by atoms with E-state index >= 15 is 0 Å². The van der Waals surface area contributed by atoms with Crippen molar-refractivity contribution >= 4 is 11.6 Å². The lowest BCUT2D eigenvalue weighted by atomic mass is 9.89. The number of hydrogen-bond donors (Lipinski definition) is 1. The van der Waals surface area contributed by atoms with Gasteiger partial charge in [-0.25, -0.2) is 4.39 Å². The zero-order chi connectivity index (χ0) is 14.8. The highest BCUT2D eigenvalue weighted by Gasteiger charge is 2.39. The smallest absolute Gasteiger partial charge is 0.141 e. The van der Waals surface area contributed by atoms with E-state index in [4.69, 9.17) is 11.6 Å². The lowest BCUT2D eigenvalue weighted by Gasteiger charge is -2.36. The van der Waals surface area contributed by atoms with Crippen LogP contribution in [0.3, 0.4) is 0 Å². The molecule has 1 heterocycles. The van der Waals surface area contributed by atoms with Crippen molar-refractivity contribution in [2.24, 2.45) is 5.92 Å². The summed E-state index contributed by atoms with van der Waals surface area (Å²) in [4.78, 5) is 2.65. The molecule has 1 saturated heterocycles. The lowest BCUT2D eigenvalue weighted by Crippen LogP contribution is -2.37. The molecule has 1 N–H and O–H groups in total. The average molecular weight is 311 g/mol. The fraction of sp³-hybridized carbons (Fsp3) is 0.647. The second-order valence-electron chi connectivity index (χ2n) is 6.40. The van der Waals surface area contributed by atoms with Gasteiger partial charge in [-0.1, -0.05) is 24.1 Å². The van der Waals surface area contributed by atoms with Gasteiger partial charge < -0.3 is 5.32 Å². The molecule has 2 fully saturated rings. The normalized spacial score (nSPS) is 27.6. The van der Waals surface area contributed by atoms with Gasteiger partial charge in [-0.15, -0.1) is 0 Å². The largest absolute Gasteiger partial charge is 0.319 e. The summed E-state index contributed by atoms with van der Waals surface area (Å²) < 4.78 is 13.5. The van der Waals surface area contributed by atoms with Crippen LogP contribution in [-0.4, -0.2) is 31.1 Å². The van der Waals surface area contributed by atoms with E-state index in [9.17, 15) is 4.39 Å². The van der Waals surface area contributed by atoms with Gasteiger partial charge in [-0.3, -0.25) is 4.90 Å². The van der Waals surface area contributed by atoms with Crippen molar-refractivity contribution in [3.05, 3.63) is 34.6 Å². The van der Waals surface area contributed by atoms with E-state index in [0.717, 1.165) is 19.1 Å². The van der Waals surface area contributed by atoms with E-state index in [1.807, 2.05) is 19.2 Å². The van der Waals surface area contributed by atoms with Gasteiger partial charge in [0.25, 0.3) is 0 Å². The van der Waals surface area contributed by atoms with Crippen LogP contribution in [0.1, 0.15) is 43.7 Å². The van der Waals surface area contributed by atoms with Crippen LogP contribution in [0.4, 0.5) is 4.39 Å². The summed E-state index contributed by atoms with van der Waals surface area (Å²) in [5, 5.41) is 3.58. The first-order valence-corrected chi connectivity index (χ1v) is 8.44. The third-order valence-corrected chi connectivity index (χ3v) is 5.10. The first-order chi connectivity index (χ1) is 10.2. The van der Waals surface area contributed by atoms with Crippen LogP contribution in [0.5, 0.6) is 0 Å². The monoisotopic (exact) mass is 310 g/mol. The zero-order valence-corrected chi connectivity index (χ0v) is 13.4. The van der Waals surface area contributed by atoms with Crippen molar-refractivity contribution in [3.63, 3.8) is 0 Å². The van der Waals surface area contributed by atoms with E-state index in [2.05, 4.69) is 10.2 Å².